The van der Waals surface area contributed by atoms with Gasteiger partial charge in [0.2, 0.25) is 0 Å². The van der Waals surface area contributed by atoms with Crippen LogP contribution in [0.3, 0.4) is 0 Å². The van der Waals surface area contributed by atoms with Gasteiger partial charge in [0.15, 0.2) is 0 Å². The Labute approximate surface area is 145 Å². The Bertz CT molecular complexity index is 765. The highest BCUT2D eigenvalue weighted by atomic mass is 19.3. The number of halogens is 2. The minimum atomic E-state index is -2.84. The largest absolute Gasteiger partial charge is 0.435 e. The molecule has 1 atom stereocenters. The summed E-state index contributed by atoms with van der Waals surface area (Å²) in [7, 11) is 0. The highest BCUT2D eigenvalue weighted by molar-refractivity contribution is 5.95. The van der Waals surface area contributed by atoms with Crippen molar-refractivity contribution in [2.45, 2.75) is 45.3 Å². The molecule has 1 aromatic heterocycles. The second kappa shape index (κ2) is 7.59. The zero-order chi connectivity index (χ0) is 17.8. The zero-order valence-electron chi connectivity index (χ0n) is 14.0. The summed E-state index contributed by atoms with van der Waals surface area (Å²) in [5, 5.41) is 3.07. The number of nitrogens with zero attached hydrogens (tertiary/aromatic N) is 1. The Morgan fingerprint density at radius 1 is 1.40 bits per heavy atom. The molecule has 3 rings (SSSR count). The fourth-order valence-electron chi connectivity index (χ4n) is 3.28. The normalized spacial score (nSPS) is 16.4. The SMILES string of the molecule is CCc1cnccc1C(=O)N[C@H]1CCCc2cc(OC(F)F)ccc21. The molecule has 25 heavy (non-hydrogen) atoms. The van der Waals surface area contributed by atoms with E-state index in [0.29, 0.717) is 5.56 Å². The summed E-state index contributed by atoms with van der Waals surface area (Å²) in [4.78, 5) is 16.7. The molecular formula is C19H20F2N2O2. The lowest BCUT2D eigenvalue weighted by Gasteiger charge is -2.27. The molecule has 0 unspecified atom stereocenters. The van der Waals surface area contributed by atoms with Crippen LogP contribution in [0, 0.1) is 0 Å². The minimum Gasteiger partial charge on any atom is -0.435 e. The number of rotatable bonds is 5. The molecule has 0 aliphatic heterocycles. The van der Waals surface area contributed by atoms with E-state index in [1.807, 2.05) is 6.92 Å². The first-order chi connectivity index (χ1) is 12.1. The summed E-state index contributed by atoms with van der Waals surface area (Å²) in [5.74, 6) is 0.0214. The van der Waals surface area contributed by atoms with Crippen molar-refractivity contribution >= 4 is 5.91 Å². The van der Waals surface area contributed by atoms with Gasteiger partial charge in [0.05, 0.1) is 6.04 Å². The van der Waals surface area contributed by atoms with Crippen LogP contribution < -0.4 is 10.1 Å². The summed E-state index contributed by atoms with van der Waals surface area (Å²) in [6.45, 7) is -0.856. The Morgan fingerprint density at radius 3 is 3.00 bits per heavy atom. The van der Waals surface area contributed by atoms with Crippen molar-refractivity contribution < 1.29 is 18.3 Å². The Balaban J connectivity index is 1.80. The van der Waals surface area contributed by atoms with Crippen molar-refractivity contribution in [3.8, 4) is 5.75 Å². The van der Waals surface area contributed by atoms with Crippen LogP contribution in [0.15, 0.2) is 36.7 Å². The highest BCUT2D eigenvalue weighted by Crippen LogP contribution is 2.33. The maximum atomic E-state index is 12.7. The molecular weight excluding hydrogens is 326 g/mol. The summed E-state index contributed by atoms with van der Waals surface area (Å²) < 4.78 is 29.2. The van der Waals surface area contributed by atoms with Crippen LogP contribution >= 0.6 is 0 Å². The molecule has 0 spiro atoms. The molecule has 0 fully saturated rings. The van der Waals surface area contributed by atoms with Gasteiger partial charge in [-0.25, -0.2) is 0 Å². The van der Waals surface area contributed by atoms with E-state index in [1.165, 1.54) is 6.07 Å². The van der Waals surface area contributed by atoms with Crippen LogP contribution in [0.25, 0.3) is 0 Å². The molecule has 0 bridgehead atoms. The molecule has 0 radical (unpaired) electrons. The Kier molecular flexibility index (Phi) is 5.26. The van der Waals surface area contributed by atoms with Crippen molar-refractivity contribution in [1.82, 2.24) is 10.3 Å². The van der Waals surface area contributed by atoms with Gasteiger partial charge in [-0.3, -0.25) is 9.78 Å². The number of nitrogens with one attached hydrogen (secondary N) is 1. The van der Waals surface area contributed by atoms with E-state index < -0.39 is 6.61 Å². The molecule has 2 aromatic rings. The number of benzene rings is 1. The van der Waals surface area contributed by atoms with Crippen LogP contribution in [0.1, 0.15) is 52.9 Å². The number of pyridine rings is 1. The van der Waals surface area contributed by atoms with Crippen molar-refractivity contribution in [2.24, 2.45) is 0 Å². The lowest BCUT2D eigenvalue weighted by atomic mass is 9.87. The van der Waals surface area contributed by atoms with Crippen LogP contribution in [-0.2, 0) is 12.8 Å². The second-order valence-corrected chi connectivity index (χ2v) is 6.04. The summed E-state index contributed by atoms with van der Waals surface area (Å²) in [6.07, 6.45) is 6.53. The van der Waals surface area contributed by atoms with E-state index in [0.717, 1.165) is 42.4 Å². The van der Waals surface area contributed by atoms with Gasteiger partial charge in [-0.05, 0) is 60.6 Å². The number of fused-ring (bicyclic) bond motifs is 1. The topological polar surface area (TPSA) is 51.2 Å². The molecule has 1 aromatic carbocycles. The van der Waals surface area contributed by atoms with Gasteiger partial charge in [-0.2, -0.15) is 8.78 Å². The average Bonchev–Trinajstić information content (AvgIpc) is 2.61. The first-order valence-corrected chi connectivity index (χ1v) is 8.40. The number of carbonyl (C=O) groups excluding carboxylic acids is 1. The summed E-state index contributed by atoms with van der Waals surface area (Å²) in [6, 6.07) is 6.53. The average molecular weight is 346 g/mol. The third-order valence-electron chi connectivity index (χ3n) is 4.49. The number of hydrogen-bond acceptors (Lipinski definition) is 3. The Hall–Kier alpha value is -2.50. The molecule has 0 saturated heterocycles. The standard InChI is InChI=1S/C19H20F2N2O2/c1-2-12-11-22-9-8-16(12)18(24)23-17-5-3-4-13-10-14(25-19(20)21)6-7-15(13)17/h6-11,17,19H,2-5H2,1H3,(H,23,24)/t17-/m0/s1. The first kappa shape index (κ1) is 17.3. The number of hydrogen-bond donors (Lipinski definition) is 1. The van der Waals surface area contributed by atoms with Gasteiger partial charge in [0, 0.05) is 18.0 Å². The van der Waals surface area contributed by atoms with E-state index in [4.69, 9.17) is 0 Å². The number of alkyl halides is 2. The Morgan fingerprint density at radius 2 is 2.24 bits per heavy atom. The molecule has 1 aliphatic carbocycles. The molecule has 0 saturated carbocycles. The van der Waals surface area contributed by atoms with Crippen molar-refractivity contribution in [3.63, 3.8) is 0 Å². The monoisotopic (exact) mass is 346 g/mol. The number of aryl methyl sites for hydroxylation is 2. The van der Waals surface area contributed by atoms with Gasteiger partial charge in [0.1, 0.15) is 5.75 Å². The van der Waals surface area contributed by atoms with Gasteiger partial charge in [-0.1, -0.05) is 13.0 Å². The van der Waals surface area contributed by atoms with Gasteiger partial charge in [-0.15, -0.1) is 0 Å². The van der Waals surface area contributed by atoms with Crippen molar-refractivity contribution in [2.75, 3.05) is 0 Å². The van der Waals surface area contributed by atoms with Gasteiger partial charge >= 0.3 is 6.61 Å². The highest BCUT2D eigenvalue weighted by Gasteiger charge is 2.23. The van der Waals surface area contributed by atoms with Crippen molar-refractivity contribution in [3.05, 3.63) is 58.9 Å². The van der Waals surface area contributed by atoms with Crippen LogP contribution in [-0.4, -0.2) is 17.5 Å². The fourth-order valence-corrected chi connectivity index (χ4v) is 3.28. The van der Waals surface area contributed by atoms with E-state index in [9.17, 15) is 13.6 Å². The zero-order valence-corrected chi connectivity index (χ0v) is 14.0. The van der Waals surface area contributed by atoms with E-state index in [1.54, 1.807) is 30.6 Å². The van der Waals surface area contributed by atoms with Crippen LogP contribution in [0.4, 0.5) is 8.78 Å². The number of ether oxygens (including phenoxy) is 1. The number of aromatic nitrogens is 1. The molecule has 1 amide bonds. The summed E-state index contributed by atoms with van der Waals surface area (Å²) in [5.41, 5.74) is 3.44. The van der Waals surface area contributed by atoms with E-state index in [-0.39, 0.29) is 17.7 Å². The summed E-state index contributed by atoms with van der Waals surface area (Å²) >= 11 is 0. The fraction of sp³-hybridized carbons (Fsp3) is 0.368. The van der Waals surface area contributed by atoms with Gasteiger partial charge < -0.3 is 10.1 Å². The third-order valence-corrected chi connectivity index (χ3v) is 4.49. The lowest BCUT2D eigenvalue weighted by molar-refractivity contribution is -0.0499. The minimum absolute atomic E-state index is 0.130. The van der Waals surface area contributed by atoms with E-state index >= 15 is 0 Å². The first-order valence-electron chi connectivity index (χ1n) is 8.40. The molecule has 1 N–H and O–H groups in total. The maximum absolute atomic E-state index is 12.7. The molecule has 1 heterocycles. The van der Waals surface area contributed by atoms with Crippen LogP contribution in [0.5, 0.6) is 5.75 Å². The lowest BCUT2D eigenvalue weighted by Crippen LogP contribution is -2.31. The maximum Gasteiger partial charge on any atom is 0.387 e. The smallest absolute Gasteiger partial charge is 0.387 e. The second-order valence-electron chi connectivity index (χ2n) is 6.04. The van der Waals surface area contributed by atoms with Gasteiger partial charge in [0.25, 0.3) is 5.91 Å². The number of carbonyl (C=O) groups is 1. The molecule has 1 aliphatic rings. The molecule has 6 heteroatoms. The number of amides is 1. The quantitative estimate of drug-likeness (QED) is 0.888. The predicted molar refractivity (Wildman–Crippen MR) is 89.8 cm³/mol. The molecule has 4 nitrogen and oxygen atoms in total. The van der Waals surface area contributed by atoms with Crippen LogP contribution in [0.2, 0.25) is 0 Å². The van der Waals surface area contributed by atoms with Crippen molar-refractivity contribution in [1.29, 1.82) is 0 Å². The third kappa shape index (κ3) is 3.95. The molecule has 132 valence electrons. The van der Waals surface area contributed by atoms with E-state index in [2.05, 4.69) is 15.0 Å². The predicted octanol–water partition coefficient (Wildman–Crippen LogP) is 4.05.